The molecule has 13 heavy (non-hydrogen) atoms. The van der Waals surface area contributed by atoms with Crippen LogP contribution in [-0.2, 0) is 9.53 Å². The Hall–Kier alpha value is -0.370. The summed E-state index contributed by atoms with van der Waals surface area (Å²) in [7, 11) is 1.67. The standard InChI is InChI=1S/C11H22O2/c1-9(2)10(3)5-6-11(13-4)7-8-12/h8-11H,5-7H2,1-4H3. The molecular formula is C11H22O2. The Balaban J connectivity index is 3.64. The first kappa shape index (κ1) is 12.6. The molecule has 0 aromatic carbocycles. The van der Waals surface area contributed by atoms with E-state index in [2.05, 4.69) is 20.8 Å². The van der Waals surface area contributed by atoms with E-state index < -0.39 is 0 Å². The highest BCUT2D eigenvalue weighted by atomic mass is 16.5. The summed E-state index contributed by atoms with van der Waals surface area (Å²) >= 11 is 0. The Bertz CT molecular complexity index is 132. The van der Waals surface area contributed by atoms with Crippen LogP contribution in [0.1, 0.15) is 40.0 Å². The van der Waals surface area contributed by atoms with Crippen molar-refractivity contribution in [2.75, 3.05) is 7.11 Å². The van der Waals surface area contributed by atoms with Crippen LogP contribution in [0.2, 0.25) is 0 Å². The lowest BCUT2D eigenvalue weighted by molar-refractivity contribution is -0.110. The number of aldehydes is 1. The number of methoxy groups -OCH3 is 1. The lowest BCUT2D eigenvalue weighted by Crippen LogP contribution is -2.14. The fraction of sp³-hybridized carbons (Fsp3) is 0.909. The van der Waals surface area contributed by atoms with Crippen LogP contribution < -0.4 is 0 Å². The molecular weight excluding hydrogens is 164 g/mol. The monoisotopic (exact) mass is 186 g/mol. The third-order valence-corrected chi connectivity index (χ3v) is 2.77. The van der Waals surface area contributed by atoms with E-state index in [0.29, 0.717) is 18.3 Å². The van der Waals surface area contributed by atoms with E-state index in [1.807, 2.05) is 0 Å². The zero-order chi connectivity index (χ0) is 10.3. The molecule has 78 valence electrons. The maximum absolute atomic E-state index is 10.3. The maximum atomic E-state index is 10.3. The second-order valence-corrected chi connectivity index (χ2v) is 4.06. The largest absolute Gasteiger partial charge is 0.381 e. The first-order valence-electron chi connectivity index (χ1n) is 5.08. The van der Waals surface area contributed by atoms with Crippen molar-refractivity contribution in [3.63, 3.8) is 0 Å². The van der Waals surface area contributed by atoms with Crippen LogP contribution in [0.15, 0.2) is 0 Å². The maximum Gasteiger partial charge on any atom is 0.122 e. The number of carbonyl (C=O) groups is 1. The van der Waals surface area contributed by atoms with Crippen molar-refractivity contribution in [2.45, 2.75) is 46.1 Å². The molecule has 2 heteroatoms. The highest BCUT2D eigenvalue weighted by Crippen LogP contribution is 2.18. The molecule has 2 nitrogen and oxygen atoms in total. The van der Waals surface area contributed by atoms with Gasteiger partial charge in [-0.15, -0.1) is 0 Å². The molecule has 0 N–H and O–H groups in total. The van der Waals surface area contributed by atoms with Gasteiger partial charge in [0.2, 0.25) is 0 Å². The molecule has 0 radical (unpaired) electrons. The minimum absolute atomic E-state index is 0.124. The molecule has 0 aliphatic carbocycles. The summed E-state index contributed by atoms with van der Waals surface area (Å²) in [5, 5.41) is 0. The van der Waals surface area contributed by atoms with Crippen LogP contribution >= 0.6 is 0 Å². The summed E-state index contributed by atoms with van der Waals surface area (Å²) in [5.41, 5.74) is 0. The quantitative estimate of drug-likeness (QED) is 0.571. The van der Waals surface area contributed by atoms with Gasteiger partial charge in [0, 0.05) is 13.5 Å². The molecule has 0 aliphatic heterocycles. The summed E-state index contributed by atoms with van der Waals surface area (Å²) in [6.45, 7) is 6.71. The molecule has 0 aromatic heterocycles. The van der Waals surface area contributed by atoms with Crippen LogP contribution in [-0.4, -0.2) is 19.5 Å². The van der Waals surface area contributed by atoms with E-state index in [1.54, 1.807) is 7.11 Å². The van der Waals surface area contributed by atoms with Crippen molar-refractivity contribution in [3.8, 4) is 0 Å². The summed E-state index contributed by atoms with van der Waals surface area (Å²) in [6.07, 6.45) is 3.73. The lowest BCUT2D eigenvalue weighted by atomic mass is 9.92. The van der Waals surface area contributed by atoms with E-state index in [4.69, 9.17) is 4.74 Å². The molecule has 0 saturated carbocycles. The summed E-state index contributed by atoms with van der Waals surface area (Å²) in [4.78, 5) is 10.3. The molecule has 2 atom stereocenters. The molecule has 0 bridgehead atoms. The number of hydrogen-bond donors (Lipinski definition) is 0. The van der Waals surface area contributed by atoms with Gasteiger partial charge in [-0.25, -0.2) is 0 Å². The number of rotatable bonds is 7. The molecule has 0 spiro atoms. The van der Waals surface area contributed by atoms with Crippen molar-refractivity contribution in [3.05, 3.63) is 0 Å². The SMILES string of the molecule is COC(CC=O)CCC(C)C(C)C. The first-order valence-corrected chi connectivity index (χ1v) is 5.08. The van der Waals surface area contributed by atoms with E-state index in [0.717, 1.165) is 19.1 Å². The van der Waals surface area contributed by atoms with Crippen molar-refractivity contribution in [1.29, 1.82) is 0 Å². The van der Waals surface area contributed by atoms with Crippen molar-refractivity contribution >= 4 is 6.29 Å². The van der Waals surface area contributed by atoms with Gasteiger partial charge in [-0.3, -0.25) is 0 Å². The van der Waals surface area contributed by atoms with Gasteiger partial charge in [0.15, 0.2) is 0 Å². The normalized spacial score (nSPS) is 15.8. The summed E-state index contributed by atoms with van der Waals surface area (Å²) in [5.74, 6) is 1.43. The van der Waals surface area contributed by atoms with E-state index in [9.17, 15) is 4.79 Å². The van der Waals surface area contributed by atoms with Gasteiger partial charge in [-0.2, -0.15) is 0 Å². The highest BCUT2D eigenvalue weighted by molar-refractivity contribution is 5.50. The minimum atomic E-state index is 0.124. The van der Waals surface area contributed by atoms with Gasteiger partial charge in [0.25, 0.3) is 0 Å². The van der Waals surface area contributed by atoms with E-state index in [-0.39, 0.29) is 6.10 Å². The van der Waals surface area contributed by atoms with Crippen molar-refractivity contribution in [1.82, 2.24) is 0 Å². The third-order valence-electron chi connectivity index (χ3n) is 2.77. The Morgan fingerprint density at radius 2 is 1.85 bits per heavy atom. The smallest absolute Gasteiger partial charge is 0.122 e. The van der Waals surface area contributed by atoms with E-state index >= 15 is 0 Å². The Labute approximate surface area is 81.7 Å². The van der Waals surface area contributed by atoms with Gasteiger partial charge in [-0.05, 0) is 24.7 Å². The zero-order valence-corrected chi connectivity index (χ0v) is 9.25. The highest BCUT2D eigenvalue weighted by Gasteiger charge is 2.11. The molecule has 0 saturated heterocycles. The fourth-order valence-corrected chi connectivity index (χ4v) is 1.22. The molecule has 0 rings (SSSR count). The first-order chi connectivity index (χ1) is 6.11. The van der Waals surface area contributed by atoms with Gasteiger partial charge in [-0.1, -0.05) is 20.8 Å². The van der Waals surface area contributed by atoms with Gasteiger partial charge in [0.05, 0.1) is 6.10 Å². The van der Waals surface area contributed by atoms with Crippen molar-refractivity contribution in [2.24, 2.45) is 11.8 Å². The second-order valence-electron chi connectivity index (χ2n) is 4.06. The van der Waals surface area contributed by atoms with Crippen molar-refractivity contribution < 1.29 is 9.53 Å². The molecule has 0 heterocycles. The molecule has 0 amide bonds. The third kappa shape index (κ3) is 5.81. The zero-order valence-electron chi connectivity index (χ0n) is 9.25. The lowest BCUT2D eigenvalue weighted by Gasteiger charge is -2.18. The topological polar surface area (TPSA) is 26.3 Å². The second kappa shape index (κ2) is 7.07. The Kier molecular flexibility index (Phi) is 6.87. The summed E-state index contributed by atoms with van der Waals surface area (Å²) < 4.78 is 5.19. The van der Waals surface area contributed by atoms with E-state index in [1.165, 1.54) is 0 Å². The Morgan fingerprint density at radius 3 is 2.23 bits per heavy atom. The Morgan fingerprint density at radius 1 is 1.23 bits per heavy atom. The number of ether oxygens (including phenoxy) is 1. The predicted molar refractivity (Wildman–Crippen MR) is 54.7 cm³/mol. The number of hydrogen-bond acceptors (Lipinski definition) is 2. The molecule has 0 aromatic rings. The molecule has 0 aliphatic rings. The molecule has 2 unspecified atom stereocenters. The average Bonchev–Trinajstić information content (AvgIpc) is 2.11. The fourth-order valence-electron chi connectivity index (χ4n) is 1.22. The van der Waals surface area contributed by atoms with Crippen LogP contribution in [0.4, 0.5) is 0 Å². The average molecular weight is 186 g/mol. The van der Waals surface area contributed by atoms with Crippen LogP contribution in [0.3, 0.4) is 0 Å². The summed E-state index contributed by atoms with van der Waals surface area (Å²) in [6, 6.07) is 0. The van der Waals surface area contributed by atoms with Crippen LogP contribution in [0, 0.1) is 11.8 Å². The van der Waals surface area contributed by atoms with Gasteiger partial charge in [0.1, 0.15) is 6.29 Å². The van der Waals surface area contributed by atoms with Crippen LogP contribution in [0.5, 0.6) is 0 Å². The molecule has 0 fully saturated rings. The van der Waals surface area contributed by atoms with Gasteiger partial charge >= 0.3 is 0 Å². The minimum Gasteiger partial charge on any atom is -0.381 e. The van der Waals surface area contributed by atoms with Gasteiger partial charge < -0.3 is 9.53 Å². The van der Waals surface area contributed by atoms with Crippen LogP contribution in [0.25, 0.3) is 0 Å². The predicted octanol–water partition coefficient (Wildman–Crippen LogP) is 2.66. The number of carbonyl (C=O) groups excluding carboxylic acids is 1.